The number of carboxylic acids is 1. The van der Waals surface area contributed by atoms with Crippen molar-refractivity contribution in [3.05, 3.63) is 35.4 Å². The number of carbonyl (C=O) groups excluding carboxylic acids is 1. The third-order valence-corrected chi connectivity index (χ3v) is 3.02. The van der Waals surface area contributed by atoms with Crippen LogP contribution in [0.4, 0.5) is 0 Å². The third kappa shape index (κ3) is 3.82. The molecule has 1 unspecified atom stereocenters. The monoisotopic (exact) mass is 311 g/mol. The number of rotatable bonds is 6. The molecule has 112 valence electrons. The van der Waals surface area contributed by atoms with Crippen molar-refractivity contribution in [2.24, 2.45) is 0 Å². The summed E-state index contributed by atoms with van der Waals surface area (Å²) in [7, 11) is 0. The Kier molecular flexibility index (Phi) is 4.59. The van der Waals surface area contributed by atoms with Gasteiger partial charge in [0.15, 0.2) is 0 Å². The Morgan fingerprint density at radius 2 is 2.29 bits per heavy atom. The Morgan fingerprint density at radius 1 is 1.52 bits per heavy atom. The lowest BCUT2D eigenvalue weighted by Gasteiger charge is -2.06. The summed E-state index contributed by atoms with van der Waals surface area (Å²) in [6, 6.07) is 0.650. The minimum Gasteiger partial charge on any atom is -0.480 e. The molecule has 2 heterocycles. The molecule has 0 fully saturated rings. The molecule has 0 spiro atoms. The quantitative estimate of drug-likeness (QED) is 0.822. The van der Waals surface area contributed by atoms with Crippen molar-refractivity contribution in [1.29, 1.82) is 0 Å². The number of carbonyl (C=O) groups is 2. The van der Waals surface area contributed by atoms with E-state index in [1.54, 1.807) is 10.9 Å². The molecule has 0 bridgehead atoms. The van der Waals surface area contributed by atoms with Crippen LogP contribution < -0.4 is 5.32 Å². The summed E-state index contributed by atoms with van der Waals surface area (Å²) in [6.45, 7) is 2.32. The van der Waals surface area contributed by atoms with E-state index in [-0.39, 0.29) is 11.6 Å². The molecule has 2 N–H and O–H groups in total. The third-order valence-electron chi connectivity index (χ3n) is 2.82. The maximum Gasteiger partial charge on any atom is 0.328 e. The highest BCUT2D eigenvalue weighted by molar-refractivity contribution is 6.30. The molecule has 0 radical (unpaired) electrons. The van der Waals surface area contributed by atoms with Crippen LogP contribution in [0.25, 0.3) is 0 Å². The molecule has 1 amide bonds. The van der Waals surface area contributed by atoms with Gasteiger partial charge in [-0.1, -0.05) is 11.6 Å². The highest BCUT2D eigenvalue weighted by Crippen LogP contribution is 2.06. The predicted molar refractivity (Wildman–Crippen MR) is 74.1 cm³/mol. The normalized spacial score (nSPS) is 12.1. The first kappa shape index (κ1) is 15.0. The van der Waals surface area contributed by atoms with Crippen molar-refractivity contribution in [2.45, 2.75) is 19.5 Å². The van der Waals surface area contributed by atoms with Crippen molar-refractivity contribution >= 4 is 23.5 Å². The van der Waals surface area contributed by atoms with Gasteiger partial charge in [0.1, 0.15) is 11.7 Å². The van der Waals surface area contributed by atoms with Crippen molar-refractivity contribution in [3.8, 4) is 0 Å². The molecule has 1 atom stereocenters. The summed E-state index contributed by atoms with van der Waals surface area (Å²) in [6.07, 6.45) is 4.62. The Hall–Kier alpha value is -2.35. The molecular weight excluding hydrogens is 298 g/mol. The van der Waals surface area contributed by atoms with Gasteiger partial charge in [-0.3, -0.25) is 14.2 Å². The zero-order valence-electron chi connectivity index (χ0n) is 11.2. The predicted octanol–water partition coefficient (Wildman–Crippen LogP) is 0.809. The number of halogens is 1. The van der Waals surface area contributed by atoms with Gasteiger partial charge in [0.2, 0.25) is 0 Å². The molecule has 21 heavy (non-hydrogen) atoms. The average Bonchev–Trinajstić information content (AvgIpc) is 3.07. The molecule has 0 saturated heterocycles. The molecule has 2 aromatic rings. The number of nitrogens with zero attached hydrogens (tertiary/aromatic N) is 4. The zero-order chi connectivity index (χ0) is 15.4. The Labute approximate surface area is 125 Å². The van der Waals surface area contributed by atoms with Crippen LogP contribution in [0, 0.1) is 0 Å². The largest absolute Gasteiger partial charge is 0.480 e. The zero-order valence-corrected chi connectivity index (χ0v) is 12.0. The fourth-order valence-corrected chi connectivity index (χ4v) is 1.78. The highest BCUT2D eigenvalue weighted by atomic mass is 35.5. The van der Waals surface area contributed by atoms with Crippen LogP contribution in [0.15, 0.2) is 24.7 Å². The van der Waals surface area contributed by atoms with Gasteiger partial charge in [0, 0.05) is 18.9 Å². The van der Waals surface area contributed by atoms with Crippen LogP contribution in [0.5, 0.6) is 0 Å². The summed E-state index contributed by atoms with van der Waals surface area (Å²) >= 11 is 5.72. The van der Waals surface area contributed by atoms with Gasteiger partial charge in [-0.25, -0.2) is 4.79 Å². The van der Waals surface area contributed by atoms with Gasteiger partial charge in [-0.15, -0.1) is 0 Å². The maximum absolute atomic E-state index is 11.9. The van der Waals surface area contributed by atoms with E-state index in [1.807, 2.05) is 0 Å². The lowest BCUT2D eigenvalue weighted by molar-refractivity contribution is -0.140. The lowest BCUT2D eigenvalue weighted by atomic mass is 10.3. The smallest absolute Gasteiger partial charge is 0.328 e. The minimum atomic E-state index is -1.01. The van der Waals surface area contributed by atoms with E-state index < -0.39 is 12.0 Å². The van der Waals surface area contributed by atoms with Crippen LogP contribution >= 0.6 is 11.6 Å². The summed E-state index contributed by atoms with van der Waals surface area (Å²) < 4.78 is 2.83. The van der Waals surface area contributed by atoms with Gasteiger partial charge in [0.05, 0.1) is 17.8 Å². The van der Waals surface area contributed by atoms with Crippen LogP contribution in [0.2, 0.25) is 5.02 Å². The van der Waals surface area contributed by atoms with Gasteiger partial charge >= 0.3 is 5.97 Å². The fourth-order valence-electron chi connectivity index (χ4n) is 1.62. The molecule has 8 nitrogen and oxygen atoms in total. The van der Waals surface area contributed by atoms with Crippen LogP contribution in [-0.2, 0) is 11.3 Å². The number of aromatic nitrogens is 4. The summed E-state index contributed by atoms with van der Waals surface area (Å²) in [5.74, 6) is -1.38. The first-order valence-electron chi connectivity index (χ1n) is 6.21. The van der Waals surface area contributed by atoms with E-state index in [4.69, 9.17) is 16.7 Å². The van der Waals surface area contributed by atoms with Crippen molar-refractivity contribution in [3.63, 3.8) is 0 Å². The van der Waals surface area contributed by atoms with Crippen LogP contribution in [0.3, 0.4) is 0 Å². The number of carboxylic acid groups (broad SMARTS) is 1. The topological polar surface area (TPSA) is 102 Å². The molecule has 0 aliphatic carbocycles. The second kappa shape index (κ2) is 6.40. The van der Waals surface area contributed by atoms with Gasteiger partial charge in [-0.05, 0) is 13.0 Å². The Bertz CT molecular complexity index is 651. The van der Waals surface area contributed by atoms with Crippen LogP contribution in [0.1, 0.15) is 23.5 Å². The van der Waals surface area contributed by atoms with Crippen molar-refractivity contribution in [2.75, 3.05) is 6.54 Å². The first-order valence-corrected chi connectivity index (χ1v) is 6.59. The van der Waals surface area contributed by atoms with E-state index in [2.05, 4.69) is 15.5 Å². The SMILES string of the molecule is CC(C(=O)O)n1ccc(C(=O)NCCn2cc(Cl)cn2)n1. The number of amides is 1. The van der Waals surface area contributed by atoms with Gasteiger partial charge in [0.25, 0.3) is 5.91 Å². The molecule has 0 aliphatic rings. The number of aliphatic carboxylic acids is 1. The Morgan fingerprint density at radius 3 is 2.90 bits per heavy atom. The summed E-state index contributed by atoms with van der Waals surface area (Å²) in [4.78, 5) is 22.7. The molecule has 2 rings (SSSR count). The van der Waals surface area contributed by atoms with E-state index in [0.29, 0.717) is 18.1 Å². The average molecular weight is 312 g/mol. The van der Waals surface area contributed by atoms with E-state index in [0.717, 1.165) is 0 Å². The van der Waals surface area contributed by atoms with Gasteiger partial charge in [-0.2, -0.15) is 10.2 Å². The summed E-state index contributed by atoms with van der Waals surface area (Å²) in [5.41, 5.74) is 0.168. The number of hydrogen-bond acceptors (Lipinski definition) is 4. The van der Waals surface area contributed by atoms with Crippen molar-refractivity contribution in [1.82, 2.24) is 24.9 Å². The highest BCUT2D eigenvalue weighted by Gasteiger charge is 2.16. The van der Waals surface area contributed by atoms with Crippen LogP contribution in [-0.4, -0.2) is 43.1 Å². The first-order chi connectivity index (χ1) is 9.97. The lowest BCUT2D eigenvalue weighted by Crippen LogP contribution is -2.28. The molecule has 0 aliphatic heterocycles. The summed E-state index contributed by atoms with van der Waals surface area (Å²) in [5, 5.41) is 20.0. The molecular formula is C12H14ClN5O3. The van der Waals surface area contributed by atoms with Gasteiger partial charge < -0.3 is 10.4 Å². The molecule has 0 saturated carbocycles. The molecule has 0 aromatic carbocycles. The maximum atomic E-state index is 11.9. The molecule has 2 aromatic heterocycles. The number of hydrogen-bond donors (Lipinski definition) is 2. The standard InChI is InChI=1S/C12H14ClN5O3/c1-8(12(20)21)18-4-2-10(16-18)11(19)14-3-5-17-7-9(13)6-15-17/h2,4,6-8H,3,5H2,1H3,(H,14,19)(H,20,21). The van der Waals surface area contributed by atoms with Crippen molar-refractivity contribution < 1.29 is 14.7 Å². The van der Waals surface area contributed by atoms with E-state index in [1.165, 1.54) is 30.1 Å². The second-order valence-electron chi connectivity index (χ2n) is 4.37. The Balaban J connectivity index is 1.87. The van der Waals surface area contributed by atoms with E-state index in [9.17, 15) is 9.59 Å². The second-order valence-corrected chi connectivity index (χ2v) is 4.81. The number of nitrogens with one attached hydrogen (secondary N) is 1. The molecule has 9 heteroatoms. The van der Waals surface area contributed by atoms with E-state index >= 15 is 0 Å². The fraction of sp³-hybridized carbons (Fsp3) is 0.333. The minimum absolute atomic E-state index is 0.168.